The van der Waals surface area contributed by atoms with Gasteiger partial charge in [0.1, 0.15) is 5.82 Å². The number of nitrogens with zero attached hydrogens (tertiary/aromatic N) is 2. The molecule has 1 aliphatic heterocycles. The molecule has 0 amide bonds. The fourth-order valence-electron chi connectivity index (χ4n) is 2.53. The van der Waals surface area contributed by atoms with E-state index in [0.717, 1.165) is 25.3 Å². The number of hydrogen-bond donors (Lipinski definition) is 1. The van der Waals surface area contributed by atoms with Crippen molar-refractivity contribution in [3.8, 4) is 0 Å². The summed E-state index contributed by atoms with van der Waals surface area (Å²) < 4.78 is 0. The van der Waals surface area contributed by atoms with Crippen LogP contribution in [0.15, 0.2) is 18.3 Å². The predicted octanol–water partition coefficient (Wildman–Crippen LogP) is 3.53. The van der Waals surface area contributed by atoms with Crippen LogP contribution < -0.4 is 5.32 Å². The van der Waals surface area contributed by atoms with E-state index in [9.17, 15) is 0 Å². The summed E-state index contributed by atoms with van der Waals surface area (Å²) in [4.78, 5) is 7.03. The van der Waals surface area contributed by atoms with Crippen LogP contribution in [0.2, 0.25) is 0 Å². The Balaban J connectivity index is 1.95. The van der Waals surface area contributed by atoms with Gasteiger partial charge in [-0.15, -0.1) is 0 Å². The predicted molar refractivity (Wildman–Crippen MR) is 81.3 cm³/mol. The van der Waals surface area contributed by atoms with Gasteiger partial charge in [0.15, 0.2) is 0 Å². The highest BCUT2D eigenvalue weighted by atomic mass is 15.1. The first-order valence-electron chi connectivity index (χ1n) is 7.51. The molecule has 2 heterocycles. The second-order valence-electron chi connectivity index (χ2n) is 6.38. The largest absolute Gasteiger partial charge is 0.370 e. The van der Waals surface area contributed by atoms with Crippen molar-refractivity contribution in [3.63, 3.8) is 0 Å². The van der Waals surface area contributed by atoms with Gasteiger partial charge in [-0.05, 0) is 43.8 Å². The van der Waals surface area contributed by atoms with E-state index in [1.165, 1.54) is 31.5 Å². The minimum absolute atomic E-state index is 0.523. The van der Waals surface area contributed by atoms with E-state index in [2.05, 4.69) is 42.0 Å². The SMILES string of the molecule is CCCNc1ncccc1CN1CCC(C)(C)CC1. The van der Waals surface area contributed by atoms with Crippen LogP contribution in [-0.4, -0.2) is 29.5 Å². The minimum Gasteiger partial charge on any atom is -0.370 e. The molecule has 0 aromatic carbocycles. The monoisotopic (exact) mass is 261 g/mol. The van der Waals surface area contributed by atoms with Gasteiger partial charge in [0, 0.05) is 24.8 Å². The van der Waals surface area contributed by atoms with Crippen LogP contribution in [0.3, 0.4) is 0 Å². The van der Waals surface area contributed by atoms with Crippen molar-refractivity contribution < 1.29 is 0 Å². The van der Waals surface area contributed by atoms with Crippen LogP contribution in [0.4, 0.5) is 5.82 Å². The maximum absolute atomic E-state index is 4.47. The molecule has 0 atom stereocenters. The number of anilines is 1. The molecule has 3 heteroatoms. The molecular weight excluding hydrogens is 234 g/mol. The average molecular weight is 261 g/mol. The third-order valence-electron chi connectivity index (χ3n) is 4.04. The highest BCUT2D eigenvalue weighted by Gasteiger charge is 2.25. The van der Waals surface area contributed by atoms with Gasteiger partial charge in [-0.25, -0.2) is 4.98 Å². The molecule has 1 saturated heterocycles. The zero-order valence-corrected chi connectivity index (χ0v) is 12.6. The number of likely N-dealkylation sites (tertiary alicyclic amines) is 1. The summed E-state index contributed by atoms with van der Waals surface area (Å²) in [5.74, 6) is 1.06. The minimum atomic E-state index is 0.523. The second-order valence-corrected chi connectivity index (χ2v) is 6.38. The van der Waals surface area contributed by atoms with Crippen molar-refractivity contribution in [3.05, 3.63) is 23.9 Å². The number of hydrogen-bond acceptors (Lipinski definition) is 3. The molecule has 0 bridgehead atoms. The fraction of sp³-hybridized carbons (Fsp3) is 0.688. The Morgan fingerprint density at radius 3 is 2.74 bits per heavy atom. The molecule has 1 aliphatic rings. The van der Waals surface area contributed by atoms with E-state index < -0.39 is 0 Å². The van der Waals surface area contributed by atoms with Crippen molar-refractivity contribution >= 4 is 5.82 Å². The Morgan fingerprint density at radius 1 is 1.32 bits per heavy atom. The lowest BCUT2D eigenvalue weighted by Gasteiger charge is -2.37. The maximum atomic E-state index is 4.47. The van der Waals surface area contributed by atoms with Gasteiger partial charge in [-0.1, -0.05) is 26.8 Å². The number of piperidine rings is 1. The van der Waals surface area contributed by atoms with Crippen molar-refractivity contribution in [1.82, 2.24) is 9.88 Å². The summed E-state index contributed by atoms with van der Waals surface area (Å²) in [7, 11) is 0. The van der Waals surface area contributed by atoms with Gasteiger partial charge in [0.05, 0.1) is 0 Å². The number of rotatable bonds is 5. The van der Waals surface area contributed by atoms with Crippen molar-refractivity contribution in [2.45, 2.75) is 46.6 Å². The van der Waals surface area contributed by atoms with Gasteiger partial charge in [-0.3, -0.25) is 4.90 Å². The zero-order valence-electron chi connectivity index (χ0n) is 12.6. The summed E-state index contributed by atoms with van der Waals surface area (Å²) in [6.07, 6.45) is 5.60. The molecular formula is C16H27N3. The first kappa shape index (κ1) is 14.3. The lowest BCUT2D eigenvalue weighted by molar-refractivity contribution is 0.127. The first-order chi connectivity index (χ1) is 9.11. The number of aromatic nitrogens is 1. The quantitative estimate of drug-likeness (QED) is 0.879. The topological polar surface area (TPSA) is 28.2 Å². The molecule has 1 aromatic heterocycles. The molecule has 0 aliphatic carbocycles. The smallest absolute Gasteiger partial charge is 0.130 e. The Hall–Kier alpha value is -1.09. The highest BCUT2D eigenvalue weighted by molar-refractivity contribution is 5.43. The Morgan fingerprint density at radius 2 is 2.05 bits per heavy atom. The maximum Gasteiger partial charge on any atom is 0.130 e. The molecule has 19 heavy (non-hydrogen) atoms. The lowest BCUT2D eigenvalue weighted by Crippen LogP contribution is -2.36. The van der Waals surface area contributed by atoms with Crippen LogP contribution in [0, 0.1) is 5.41 Å². The van der Waals surface area contributed by atoms with Gasteiger partial charge < -0.3 is 5.32 Å². The molecule has 0 saturated carbocycles. The summed E-state index contributed by atoms with van der Waals surface area (Å²) in [5.41, 5.74) is 1.85. The Kier molecular flexibility index (Phi) is 4.81. The fourth-order valence-corrected chi connectivity index (χ4v) is 2.53. The summed E-state index contributed by atoms with van der Waals surface area (Å²) in [5, 5.41) is 3.43. The van der Waals surface area contributed by atoms with Crippen LogP contribution in [-0.2, 0) is 6.54 Å². The molecule has 0 unspecified atom stereocenters. The van der Waals surface area contributed by atoms with Gasteiger partial charge in [-0.2, -0.15) is 0 Å². The normalized spacial score (nSPS) is 19.3. The zero-order chi connectivity index (χ0) is 13.7. The molecule has 2 rings (SSSR count). The van der Waals surface area contributed by atoms with Crippen LogP contribution >= 0.6 is 0 Å². The number of nitrogens with one attached hydrogen (secondary N) is 1. The molecule has 0 radical (unpaired) electrons. The van der Waals surface area contributed by atoms with Crippen LogP contribution in [0.5, 0.6) is 0 Å². The van der Waals surface area contributed by atoms with Crippen LogP contribution in [0.1, 0.15) is 45.6 Å². The van der Waals surface area contributed by atoms with Crippen molar-refractivity contribution in [1.29, 1.82) is 0 Å². The molecule has 3 nitrogen and oxygen atoms in total. The van der Waals surface area contributed by atoms with E-state index in [4.69, 9.17) is 0 Å². The third-order valence-corrected chi connectivity index (χ3v) is 4.04. The highest BCUT2D eigenvalue weighted by Crippen LogP contribution is 2.30. The van der Waals surface area contributed by atoms with E-state index in [1.807, 2.05) is 12.3 Å². The van der Waals surface area contributed by atoms with Crippen LogP contribution in [0.25, 0.3) is 0 Å². The molecule has 1 N–H and O–H groups in total. The van der Waals surface area contributed by atoms with Gasteiger partial charge >= 0.3 is 0 Å². The van der Waals surface area contributed by atoms with E-state index in [1.54, 1.807) is 0 Å². The van der Waals surface area contributed by atoms with E-state index in [0.29, 0.717) is 5.41 Å². The van der Waals surface area contributed by atoms with Crippen molar-refractivity contribution in [2.24, 2.45) is 5.41 Å². The molecule has 1 aromatic rings. The number of pyridine rings is 1. The summed E-state index contributed by atoms with van der Waals surface area (Å²) >= 11 is 0. The average Bonchev–Trinajstić information content (AvgIpc) is 2.40. The lowest BCUT2D eigenvalue weighted by atomic mass is 9.82. The van der Waals surface area contributed by atoms with Crippen molar-refractivity contribution in [2.75, 3.05) is 25.0 Å². The van der Waals surface area contributed by atoms with E-state index >= 15 is 0 Å². The Bertz CT molecular complexity index is 391. The molecule has 106 valence electrons. The van der Waals surface area contributed by atoms with Gasteiger partial charge in [0.25, 0.3) is 0 Å². The first-order valence-corrected chi connectivity index (χ1v) is 7.51. The standard InChI is InChI=1S/C16H27N3/c1-4-9-17-15-14(6-5-10-18-15)13-19-11-7-16(2,3)8-12-19/h5-6,10H,4,7-9,11-13H2,1-3H3,(H,17,18). The second kappa shape index (κ2) is 6.38. The third kappa shape index (κ3) is 4.20. The Labute approximate surface area is 117 Å². The van der Waals surface area contributed by atoms with E-state index in [-0.39, 0.29) is 0 Å². The molecule has 1 fully saturated rings. The summed E-state index contributed by atoms with van der Waals surface area (Å²) in [6.45, 7) is 11.4. The molecule has 0 spiro atoms. The van der Waals surface area contributed by atoms with Gasteiger partial charge in [0.2, 0.25) is 0 Å². The summed E-state index contributed by atoms with van der Waals surface area (Å²) in [6, 6.07) is 4.24.